The summed E-state index contributed by atoms with van der Waals surface area (Å²) in [7, 11) is 0. The lowest BCUT2D eigenvalue weighted by Crippen LogP contribution is -2.25. The van der Waals surface area contributed by atoms with Gasteiger partial charge < -0.3 is 10.8 Å². The number of halogens is 1. The average Bonchev–Trinajstić information content (AvgIpc) is 2.04. The van der Waals surface area contributed by atoms with E-state index in [4.69, 9.17) is 5.73 Å². The maximum Gasteiger partial charge on any atom is 0.141 e. The van der Waals surface area contributed by atoms with E-state index in [9.17, 15) is 9.50 Å². The van der Waals surface area contributed by atoms with Crippen molar-refractivity contribution >= 4 is 0 Å². The zero-order chi connectivity index (χ0) is 9.14. The van der Waals surface area contributed by atoms with Gasteiger partial charge in [-0.15, -0.1) is 0 Å². The van der Waals surface area contributed by atoms with Gasteiger partial charge in [-0.3, -0.25) is 4.98 Å². The van der Waals surface area contributed by atoms with Crippen molar-refractivity contribution in [1.82, 2.24) is 4.98 Å². The molecule has 1 aromatic heterocycles. The summed E-state index contributed by atoms with van der Waals surface area (Å²) < 4.78 is 12.4. The average molecular weight is 170 g/mol. The molecule has 0 aliphatic heterocycles. The number of hydrogen-bond donors (Lipinski definition) is 2. The van der Waals surface area contributed by atoms with Crippen molar-refractivity contribution in [2.45, 2.75) is 19.1 Å². The third-order valence-electron chi connectivity index (χ3n) is 1.55. The molecular formula is C8H11FN2O. The summed E-state index contributed by atoms with van der Waals surface area (Å²) in [4.78, 5) is 3.69. The molecule has 0 saturated heterocycles. The van der Waals surface area contributed by atoms with Crippen LogP contribution in [0, 0.1) is 5.82 Å². The van der Waals surface area contributed by atoms with E-state index in [-0.39, 0.29) is 0 Å². The van der Waals surface area contributed by atoms with Gasteiger partial charge >= 0.3 is 0 Å². The minimum Gasteiger partial charge on any atom is -0.385 e. The van der Waals surface area contributed by atoms with Crippen molar-refractivity contribution in [3.8, 4) is 0 Å². The molecule has 0 amide bonds. The standard InChI is InChI=1S/C8H11FN2O/c1-5(10)8(12)7-3-2-6(9)4-11-7/h2-5,8,12H,10H2,1H3. The Kier molecular flexibility index (Phi) is 2.73. The zero-order valence-electron chi connectivity index (χ0n) is 6.74. The van der Waals surface area contributed by atoms with E-state index in [0.717, 1.165) is 6.20 Å². The zero-order valence-corrected chi connectivity index (χ0v) is 6.74. The van der Waals surface area contributed by atoms with Crippen LogP contribution < -0.4 is 5.73 Å². The first-order valence-electron chi connectivity index (χ1n) is 3.66. The van der Waals surface area contributed by atoms with E-state index >= 15 is 0 Å². The first-order chi connectivity index (χ1) is 5.61. The second-order valence-electron chi connectivity index (χ2n) is 2.71. The molecule has 2 unspecified atom stereocenters. The molecule has 0 radical (unpaired) electrons. The maximum atomic E-state index is 12.4. The molecule has 0 fully saturated rings. The fourth-order valence-electron chi connectivity index (χ4n) is 0.832. The molecule has 3 nitrogen and oxygen atoms in total. The summed E-state index contributed by atoms with van der Waals surface area (Å²) in [6.45, 7) is 1.66. The predicted molar refractivity (Wildman–Crippen MR) is 42.8 cm³/mol. The Morgan fingerprint density at radius 1 is 1.58 bits per heavy atom. The van der Waals surface area contributed by atoms with Gasteiger partial charge in [-0.1, -0.05) is 0 Å². The van der Waals surface area contributed by atoms with Crippen LogP contribution in [0.3, 0.4) is 0 Å². The number of nitrogens with two attached hydrogens (primary N) is 1. The highest BCUT2D eigenvalue weighted by molar-refractivity contribution is 5.09. The molecule has 0 aromatic carbocycles. The van der Waals surface area contributed by atoms with Gasteiger partial charge in [0.05, 0.1) is 11.9 Å². The minimum absolute atomic E-state index is 0.395. The summed E-state index contributed by atoms with van der Waals surface area (Å²) in [6.07, 6.45) is 0.228. The second kappa shape index (κ2) is 3.60. The topological polar surface area (TPSA) is 59.1 Å². The first-order valence-corrected chi connectivity index (χ1v) is 3.66. The summed E-state index contributed by atoms with van der Waals surface area (Å²) in [6, 6.07) is 2.26. The van der Waals surface area contributed by atoms with Crippen molar-refractivity contribution in [3.05, 3.63) is 29.8 Å². The van der Waals surface area contributed by atoms with E-state index in [1.165, 1.54) is 12.1 Å². The number of aromatic nitrogens is 1. The van der Waals surface area contributed by atoms with Gasteiger partial charge in [-0.05, 0) is 19.1 Å². The van der Waals surface area contributed by atoms with Gasteiger partial charge in [0, 0.05) is 6.04 Å². The lowest BCUT2D eigenvalue weighted by molar-refractivity contribution is 0.148. The fourth-order valence-corrected chi connectivity index (χ4v) is 0.832. The largest absolute Gasteiger partial charge is 0.385 e. The fraction of sp³-hybridized carbons (Fsp3) is 0.375. The van der Waals surface area contributed by atoms with Crippen LogP contribution in [0.5, 0.6) is 0 Å². The van der Waals surface area contributed by atoms with Crippen molar-refractivity contribution in [3.63, 3.8) is 0 Å². The highest BCUT2D eigenvalue weighted by Gasteiger charge is 2.12. The van der Waals surface area contributed by atoms with Gasteiger partial charge in [0.25, 0.3) is 0 Å². The van der Waals surface area contributed by atoms with Crippen LogP contribution in [0.4, 0.5) is 4.39 Å². The molecule has 66 valence electrons. The molecule has 1 heterocycles. The maximum absolute atomic E-state index is 12.4. The first kappa shape index (κ1) is 9.09. The third kappa shape index (κ3) is 1.99. The second-order valence-corrected chi connectivity index (χ2v) is 2.71. The van der Waals surface area contributed by atoms with E-state index in [2.05, 4.69) is 4.98 Å². The normalized spacial score (nSPS) is 15.7. The number of pyridine rings is 1. The molecule has 3 N–H and O–H groups in total. The van der Waals surface area contributed by atoms with Gasteiger partial charge in [-0.2, -0.15) is 0 Å². The van der Waals surface area contributed by atoms with E-state index in [1.807, 2.05) is 0 Å². The molecule has 2 atom stereocenters. The summed E-state index contributed by atoms with van der Waals surface area (Å²) in [5.74, 6) is -0.421. The molecule has 1 rings (SSSR count). The molecule has 0 aliphatic carbocycles. The number of rotatable bonds is 2. The van der Waals surface area contributed by atoms with Crippen LogP contribution >= 0.6 is 0 Å². The Morgan fingerprint density at radius 2 is 2.25 bits per heavy atom. The third-order valence-corrected chi connectivity index (χ3v) is 1.55. The van der Waals surface area contributed by atoms with E-state index < -0.39 is 18.0 Å². The Hall–Kier alpha value is -1.00. The lowest BCUT2D eigenvalue weighted by Gasteiger charge is -2.12. The summed E-state index contributed by atoms with van der Waals surface area (Å²) in [5, 5.41) is 9.38. The highest BCUT2D eigenvalue weighted by Crippen LogP contribution is 2.12. The van der Waals surface area contributed by atoms with Crippen LogP contribution in [0.2, 0.25) is 0 Å². The van der Waals surface area contributed by atoms with Crippen LogP contribution in [0.15, 0.2) is 18.3 Å². The molecule has 1 aromatic rings. The molecule has 0 saturated carbocycles. The van der Waals surface area contributed by atoms with Crippen molar-refractivity contribution in [2.75, 3.05) is 0 Å². The van der Waals surface area contributed by atoms with Gasteiger partial charge in [0.2, 0.25) is 0 Å². The Morgan fingerprint density at radius 3 is 2.67 bits per heavy atom. The molecule has 4 heteroatoms. The predicted octanol–water partition coefficient (Wildman–Crippen LogP) is 0.601. The minimum atomic E-state index is -0.828. The monoisotopic (exact) mass is 170 g/mol. The Balaban J connectivity index is 2.82. The van der Waals surface area contributed by atoms with Gasteiger partial charge in [0.1, 0.15) is 11.9 Å². The Bertz CT molecular complexity index is 248. The molecule has 12 heavy (non-hydrogen) atoms. The number of nitrogens with zero attached hydrogens (tertiary/aromatic N) is 1. The Labute approximate surface area is 70.0 Å². The van der Waals surface area contributed by atoms with Crippen molar-refractivity contribution in [2.24, 2.45) is 5.73 Å². The molecule has 0 aliphatic rings. The van der Waals surface area contributed by atoms with Crippen molar-refractivity contribution < 1.29 is 9.50 Å². The smallest absolute Gasteiger partial charge is 0.141 e. The molecule has 0 bridgehead atoms. The van der Waals surface area contributed by atoms with Crippen molar-refractivity contribution in [1.29, 1.82) is 0 Å². The van der Waals surface area contributed by atoms with Crippen LogP contribution in [-0.2, 0) is 0 Å². The number of aliphatic hydroxyl groups is 1. The molecule has 0 spiro atoms. The number of aliphatic hydroxyl groups excluding tert-OH is 1. The highest BCUT2D eigenvalue weighted by atomic mass is 19.1. The quantitative estimate of drug-likeness (QED) is 0.683. The van der Waals surface area contributed by atoms with Crippen LogP contribution in [0.1, 0.15) is 18.7 Å². The van der Waals surface area contributed by atoms with Gasteiger partial charge in [0.15, 0.2) is 0 Å². The van der Waals surface area contributed by atoms with Crippen LogP contribution in [0.25, 0.3) is 0 Å². The van der Waals surface area contributed by atoms with E-state index in [1.54, 1.807) is 6.92 Å². The number of hydrogen-bond acceptors (Lipinski definition) is 3. The van der Waals surface area contributed by atoms with Gasteiger partial charge in [-0.25, -0.2) is 4.39 Å². The SMILES string of the molecule is CC(N)C(O)c1ccc(F)cn1. The van der Waals surface area contributed by atoms with Crippen LogP contribution in [-0.4, -0.2) is 16.1 Å². The summed E-state index contributed by atoms with van der Waals surface area (Å²) in [5.41, 5.74) is 5.82. The molecular weight excluding hydrogens is 159 g/mol. The lowest BCUT2D eigenvalue weighted by atomic mass is 10.1. The summed E-state index contributed by atoms with van der Waals surface area (Å²) >= 11 is 0. The van der Waals surface area contributed by atoms with E-state index in [0.29, 0.717) is 5.69 Å².